The molecule has 0 fully saturated rings. The smallest absolute Gasteiger partial charge is 0.273 e. The third-order valence-electron chi connectivity index (χ3n) is 5.27. The van der Waals surface area contributed by atoms with Crippen molar-refractivity contribution in [2.24, 2.45) is 0 Å². The van der Waals surface area contributed by atoms with E-state index in [2.05, 4.69) is 20.2 Å². The van der Waals surface area contributed by atoms with Gasteiger partial charge in [-0.25, -0.2) is 9.97 Å². The van der Waals surface area contributed by atoms with E-state index in [-0.39, 0.29) is 5.91 Å². The van der Waals surface area contributed by atoms with E-state index in [0.717, 1.165) is 55.2 Å². The Labute approximate surface area is 170 Å². The molecule has 4 rings (SSSR count). The summed E-state index contributed by atoms with van der Waals surface area (Å²) < 4.78 is 7.16. The Balaban J connectivity index is 1.43. The predicted octanol–water partition coefficient (Wildman–Crippen LogP) is 2.91. The molecule has 0 unspecified atom stereocenters. The zero-order chi connectivity index (χ0) is 20.2. The highest BCUT2D eigenvalue weighted by Crippen LogP contribution is 2.18. The summed E-state index contributed by atoms with van der Waals surface area (Å²) in [5.41, 5.74) is 3.62. The number of aromatic nitrogens is 3. The van der Waals surface area contributed by atoms with Crippen molar-refractivity contribution in [1.82, 2.24) is 19.4 Å². The molecule has 1 aliphatic heterocycles. The molecule has 0 aliphatic carbocycles. The van der Waals surface area contributed by atoms with Crippen molar-refractivity contribution in [2.75, 3.05) is 25.5 Å². The number of aryl methyl sites for hydroxylation is 1. The van der Waals surface area contributed by atoms with Gasteiger partial charge in [-0.2, -0.15) is 0 Å². The molecule has 7 heteroatoms. The molecule has 0 bridgehead atoms. The minimum atomic E-state index is -0.120. The number of fused-ring (bicyclic) bond motifs is 1. The van der Waals surface area contributed by atoms with Gasteiger partial charge in [0.2, 0.25) is 5.88 Å². The number of anilines is 1. The second kappa shape index (κ2) is 8.45. The normalized spacial score (nSPS) is 14.1. The van der Waals surface area contributed by atoms with Gasteiger partial charge in [-0.1, -0.05) is 24.3 Å². The number of carbonyl (C=O) groups is 1. The summed E-state index contributed by atoms with van der Waals surface area (Å²) in [6.07, 6.45) is 4.34. The molecule has 150 valence electrons. The van der Waals surface area contributed by atoms with Crippen molar-refractivity contribution in [3.63, 3.8) is 0 Å². The van der Waals surface area contributed by atoms with Crippen LogP contribution >= 0.6 is 0 Å². The fourth-order valence-electron chi connectivity index (χ4n) is 3.60. The Morgan fingerprint density at radius 1 is 1.10 bits per heavy atom. The van der Waals surface area contributed by atoms with E-state index >= 15 is 0 Å². The highest BCUT2D eigenvalue weighted by atomic mass is 16.5. The second-order valence-corrected chi connectivity index (χ2v) is 7.22. The SMILES string of the molecule is COc1ccc(CN2CCc3ncc(C(=O)Nc4ccccc4C)n3CC2)cn1. The number of amides is 1. The summed E-state index contributed by atoms with van der Waals surface area (Å²) in [6, 6.07) is 11.7. The number of carbonyl (C=O) groups excluding carboxylic acids is 1. The van der Waals surface area contributed by atoms with Crippen LogP contribution in [0.25, 0.3) is 0 Å². The zero-order valence-electron chi connectivity index (χ0n) is 16.8. The van der Waals surface area contributed by atoms with E-state index in [1.54, 1.807) is 13.3 Å². The van der Waals surface area contributed by atoms with Crippen LogP contribution in [0.1, 0.15) is 27.4 Å². The number of nitrogens with one attached hydrogen (secondary N) is 1. The maximum atomic E-state index is 12.8. The molecule has 2 aromatic heterocycles. The van der Waals surface area contributed by atoms with Crippen LogP contribution in [0.3, 0.4) is 0 Å². The van der Waals surface area contributed by atoms with Crippen molar-refractivity contribution in [3.05, 3.63) is 71.4 Å². The second-order valence-electron chi connectivity index (χ2n) is 7.22. The number of imidazole rings is 1. The van der Waals surface area contributed by atoms with E-state index in [1.807, 2.05) is 54.1 Å². The number of pyridine rings is 1. The molecule has 0 saturated heterocycles. The highest BCUT2D eigenvalue weighted by Gasteiger charge is 2.21. The van der Waals surface area contributed by atoms with Gasteiger partial charge in [0.05, 0.1) is 13.3 Å². The lowest BCUT2D eigenvalue weighted by Gasteiger charge is -2.19. The third-order valence-corrected chi connectivity index (χ3v) is 5.27. The lowest BCUT2D eigenvalue weighted by atomic mass is 10.2. The van der Waals surface area contributed by atoms with Gasteiger partial charge in [0, 0.05) is 50.6 Å². The minimum Gasteiger partial charge on any atom is -0.481 e. The number of hydrogen-bond acceptors (Lipinski definition) is 5. The number of ether oxygens (including phenoxy) is 1. The van der Waals surface area contributed by atoms with E-state index in [9.17, 15) is 4.79 Å². The van der Waals surface area contributed by atoms with Gasteiger partial charge >= 0.3 is 0 Å². The van der Waals surface area contributed by atoms with Gasteiger partial charge in [0.15, 0.2) is 0 Å². The molecule has 0 radical (unpaired) electrons. The first-order valence-corrected chi connectivity index (χ1v) is 9.76. The lowest BCUT2D eigenvalue weighted by molar-refractivity contribution is 0.101. The molecule has 29 heavy (non-hydrogen) atoms. The number of hydrogen-bond donors (Lipinski definition) is 1. The molecular formula is C22H25N5O2. The number of benzene rings is 1. The Bertz CT molecular complexity index is 997. The summed E-state index contributed by atoms with van der Waals surface area (Å²) in [4.78, 5) is 24.0. The van der Waals surface area contributed by atoms with Crippen LogP contribution in [0.2, 0.25) is 0 Å². The molecule has 1 aromatic carbocycles. The van der Waals surface area contributed by atoms with Crippen LogP contribution < -0.4 is 10.1 Å². The van der Waals surface area contributed by atoms with Crippen LogP contribution in [0.4, 0.5) is 5.69 Å². The predicted molar refractivity (Wildman–Crippen MR) is 111 cm³/mol. The van der Waals surface area contributed by atoms with E-state index in [0.29, 0.717) is 11.6 Å². The molecular weight excluding hydrogens is 366 g/mol. The number of methoxy groups -OCH3 is 1. The van der Waals surface area contributed by atoms with Gasteiger partial charge in [0.25, 0.3) is 5.91 Å². The van der Waals surface area contributed by atoms with Gasteiger partial charge in [-0.15, -0.1) is 0 Å². The standard InChI is InChI=1S/C22H25N5O2/c1-16-5-3-4-6-18(16)25-22(28)19-14-23-20-9-10-26(11-12-27(19)20)15-17-7-8-21(29-2)24-13-17/h3-8,13-14H,9-12,15H2,1-2H3,(H,25,28). The maximum absolute atomic E-state index is 12.8. The average Bonchev–Trinajstić information content (AvgIpc) is 3.05. The lowest BCUT2D eigenvalue weighted by Crippen LogP contribution is -2.27. The molecule has 3 aromatic rings. The van der Waals surface area contributed by atoms with Gasteiger partial charge in [-0.3, -0.25) is 9.69 Å². The Morgan fingerprint density at radius 2 is 1.97 bits per heavy atom. The van der Waals surface area contributed by atoms with E-state index < -0.39 is 0 Å². The van der Waals surface area contributed by atoms with Crippen LogP contribution in [-0.2, 0) is 19.5 Å². The molecule has 1 N–H and O–H groups in total. The first kappa shape index (κ1) is 19.1. The van der Waals surface area contributed by atoms with Crippen LogP contribution in [0.5, 0.6) is 5.88 Å². The summed E-state index contributed by atoms with van der Waals surface area (Å²) in [7, 11) is 1.62. The minimum absolute atomic E-state index is 0.120. The topological polar surface area (TPSA) is 72.3 Å². The molecule has 1 aliphatic rings. The fourth-order valence-corrected chi connectivity index (χ4v) is 3.60. The summed E-state index contributed by atoms with van der Waals surface area (Å²) in [5.74, 6) is 1.45. The summed E-state index contributed by atoms with van der Waals surface area (Å²) >= 11 is 0. The number of nitrogens with zero attached hydrogens (tertiary/aromatic N) is 4. The molecule has 0 saturated carbocycles. The first-order chi connectivity index (χ1) is 14.1. The summed E-state index contributed by atoms with van der Waals surface area (Å²) in [6.45, 7) is 5.27. The maximum Gasteiger partial charge on any atom is 0.273 e. The van der Waals surface area contributed by atoms with Crippen molar-refractivity contribution < 1.29 is 9.53 Å². The molecule has 0 atom stereocenters. The van der Waals surface area contributed by atoms with Crippen LogP contribution in [0, 0.1) is 6.92 Å². The average molecular weight is 391 g/mol. The largest absolute Gasteiger partial charge is 0.481 e. The monoisotopic (exact) mass is 391 g/mol. The Kier molecular flexibility index (Phi) is 5.57. The molecule has 1 amide bonds. The van der Waals surface area contributed by atoms with Crippen molar-refractivity contribution in [3.8, 4) is 5.88 Å². The number of para-hydroxylation sites is 1. The highest BCUT2D eigenvalue weighted by molar-refractivity contribution is 6.03. The quantitative estimate of drug-likeness (QED) is 0.724. The Morgan fingerprint density at radius 3 is 2.72 bits per heavy atom. The molecule has 7 nitrogen and oxygen atoms in total. The van der Waals surface area contributed by atoms with Gasteiger partial charge < -0.3 is 14.6 Å². The Hall–Kier alpha value is -3.19. The fraction of sp³-hybridized carbons (Fsp3) is 0.318. The first-order valence-electron chi connectivity index (χ1n) is 9.76. The van der Waals surface area contributed by atoms with Crippen molar-refractivity contribution in [1.29, 1.82) is 0 Å². The van der Waals surface area contributed by atoms with Crippen LogP contribution in [-0.4, -0.2) is 45.5 Å². The van der Waals surface area contributed by atoms with Crippen molar-refractivity contribution in [2.45, 2.75) is 26.4 Å². The van der Waals surface area contributed by atoms with Gasteiger partial charge in [0.1, 0.15) is 11.5 Å². The van der Waals surface area contributed by atoms with Crippen LogP contribution in [0.15, 0.2) is 48.8 Å². The third kappa shape index (κ3) is 4.30. The molecule has 3 heterocycles. The summed E-state index contributed by atoms with van der Waals surface area (Å²) in [5, 5.41) is 3.01. The molecule has 0 spiro atoms. The zero-order valence-corrected chi connectivity index (χ0v) is 16.8. The number of rotatable bonds is 5. The van der Waals surface area contributed by atoms with E-state index in [1.165, 1.54) is 0 Å². The van der Waals surface area contributed by atoms with Gasteiger partial charge in [-0.05, 0) is 24.1 Å². The van der Waals surface area contributed by atoms with Crippen molar-refractivity contribution >= 4 is 11.6 Å². The van der Waals surface area contributed by atoms with E-state index in [4.69, 9.17) is 4.74 Å².